The van der Waals surface area contributed by atoms with E-state index in [0.717, 1.165) is 11.1 Å². The van der Waals surface area contributed by atoms with Crippen molar-refractivity contribution in [2.24, 2.45) is 0 Å². The van der Waals surface area contributed by atoms with Crippen LogP contribution >= 0.6 is 0 Å². The fraction of sp³-hybridized carbons (Fsp3) is 0.231. The van der Waals surface area contributed by atoms with E-state index >= 15 is 0 Å². The summed E-state index contributed by atoms with van der Waals surface area (Å²) in [7, 11) is 0. The smallest absolute Gasteiger partial charge is 0.0275 e. The summed E-state index contributed by atoms with van der Waals surface area (Å²) >= 11 is 0. The molecule has 0 heterocycles. The molecule has 0 N–H and O–H groups in total. The quantitative estimate of drug-likeness (QED) is 0.567. The molecule has 0 aliphatic carbocycles. The Bertz CT molecular complexity index is 376. The predicted molar refractivity (Wildman–Crippen MR) is 58.4 cm³/mol. The molecule has 0 atom stereocenters. The van der Waals surface area contributed by atoms with Crippen LogP contribution in [0.4, 0.5) is 0 Å². The summed E-state index contributed by atoms with van der Waals surface area (Å²) in [5.74, 6) is 2.69. The first-order valence-electron chi connectivity index (χ1n) is 4.39. The van der Waals surface area contributed by atoms with Gasteiger partial charge in [0.2, 0.25) is 0 Å². The molecule has 0 bridgehead atoms. The second-order valence-corrected chi connectivity index (χ2v) is 3.17. The molecule has 0 amide bonds. The lowest BCUT2D eigenvalue weighted by Crippen LogP contribution is -1.87. The maximum absolute atomic E-state index is 5.40. The summed E-state index contributed by atoms with van der Waals surface area (Å²) < 4.78 is 0. The van der Waals surface area contributed by atoms with Crippen molar-refractivity contribution in [3.63, 3.8) is 0 Å². The average Bonchev–Trinajstić information content (AvgIpc) is 2.10. The molecule has 0 heteroatoms. The van der Waals surface area contributed by atoms with Crippen molar-refractivity contribution >= 4 is 5.57 Å². The van der Waals surface area contributed by atoms with E-state index in [4.69, 9.17) is 6.42 Å². The van der Waals surface area contributed by atoms with Crippen molar-refractivity contribution in [3.05, 3.63) is 41.0 Å². The minimum Gasteiger partial charge on any atom is -0.115 e. The zero-order valence-electron chi connectivity index (χ0n) is 8.39. The van der Waals surface area contributed by atoms with Gasteiger partial charge in [0.15, 0.2) is 0 Å². The molecule has 0 nitrogen and oxygen atoms in total. The highest BCUT2D eigenvalue weighted by Gasteiger charge is 2.00. The second kappa shape index (κ2) is 3.96. The maximum Gasteiger partial charge on any atom is 0.0275 e. The lowest BCUT2D eigenvalue weighted by molar-refractivity contribution is 1.36. The summed E-state index contributed by atoms with van der Waals surface area (Å²) in [6.07, 6.45) is 7.37. The molecule has 0 aliphatic rings. The van der Waals surface area contributed by atoms with Gasteiger partial charge in [-0.25, -0.2) is 0 Å². The average molecular weight is 170 g/mol. The predicted octanol–water partition coefficient (Wildman–Crippen LogP) is 3.34. The van der Waals surface area contributed by atoms with Gasteiger partial charge in [-0.05, 0) is 31.9 Å². The molecule has 0 radical (unpaired) electrons. The molecular formula is C13H14. The van der Waals surface area contributed by atoms with Gasteiger partial charge in [0.1, 0.15) is 0 Å². The maximum atomic E-state index is 5.40. The Morgan fingerprint density at radius 3 is 2.54 bits per heavy atom. The van der Waals surface area contributed by atoms with Crippen molar-refractivity contribution in [1.82, 2.24) is 0 Å². The summed E-state index contributed by atoms with van der Waals surface area (Å²) in [5, 5.41) is 0. The molecule has 1 aromatic rings. The Balaban J connectivity index is 3.25. The van der Waals surface area contributed by atoms with Crippen LogP contribution in [0.15, 0.2) is 24.3 Å². The van der Waals surface area contributed by atoms with Crippen LogP contribution in [-0.4, -0.2) is 0 Å². The van der Waals surface area contributed by atoms with Crippen molar-refractivity contribution in [2.45, 2.75) is 20.8 Å². The zero-order valence-corrected chi connectivity index (χ0v) is 8.39. The highest BCUT2D eigenvalue weighted by atomic mass is 14.0. The Hall–Kier alpha value is -1.48. The Morgan fingerprint density at radius 1 is 1.38 bits per heavy atom. The van der Waals surface area contributed by atoms with Gasteiger partial charge in [-0.2, -0.15) is 0 Å². The standard InChI is InChI=1S/C13H14/c1-5-12(6-2)13-8-7-10(3)9-11(13)4/h1,6-9H,2-4H3/b12-6+. The molecule has 13 heavy (non-hydrogen) atoms. The van der Waals surface area contributed by atoms with E-state index in [2.05, 4.69) is 38.0 Å². The van der Waals surface area contributed by atoms with Crippen LogP contribution < -0.4 is 0 Å². The van der Waals surface area contributed by atoms with Crippen molar-refractivity contribution < 1.29 is 0 Å². The van der Waals surface area contributed by atoms with E-state index in [9.17, 15) is 0 Å². The highest BCUT2D eigenvalue weighted by molar-refractivity contribution is 5.79. The highest BCUT2D eigenvalue weighted by Crippen LogP contribution is 2.18. The Kier molecular flexibility index (Phi) is 2.93. The van der Waals surface area contributed by atoms with Crippen LogP contribution in [0.2, 0.25) is 0 Å². The fourth-order valence-corrected chi connectivity index (χ4v) is 1.43. The second-order valence-electron chi connectivity index (χ2n) is 3.17. The van der Waals surface area contributed by atoms with Crippen LogP contribution in [0.3, 0.4) is 0 Å². The van der Waals surface area contributed by atoms with E-state index in [1.54, 1.807) is 0 Å². The first-order valence-corrected chi connectivity index (χ1v) is 4.39. The third-order valence-electron chi connectivity index (χ3n) is 2.12. The molecule has 0 saturated carbocycles. The molecule has 66 valence electrons. The molecular weight excluding hydrogens is 156 g/mol. The molecule has 0 fully saturated rings. The Labute approximate surface area is 80.3 Å². The van der Waals surface area contributed by atoms with Crippen molar-refractivity contribution in [2.75, 3.05) is 0 Å². The molecule has 0 unspecified atom stereocenters. The van der Waals surface area contributed by atoms with Gasteiger partial charge in [0, 0.05) is 5.57 Å². The van der Waals surface area contributed by atoms with Crippen molar-refractivity contribution in [1.29, 1.82) is 0 Å². The number of allylic oxidation sites excluding steroid dienone is 2. The summed E-state index contributed by atoms with van der Waals surface area (Å²) in [6, 6.07) is 6.32. The van der Waals surface area contributed by atoms with Crippen LogP contribution in [0.1, 0.15) is 23.6 Å². The van der Waals surface area contributed by atoms with Gasteiger partial charge in [0.25, 0.3) is 0 Å². The largest absolute Gasteiger partial charge is 0.115 e. The topological polar surface area (TPSA) is 0 Å². The van der Waals surface area contributed by atoms with E-state index in [1.807, 2.05) is 13.0 Å². The number of rotatable bonds is 1. The summed E-state index contributed by atoms with van der Waals surface area (Å²) in [4.78, 5) is 0. The minimum atomic E-state index is 0.970. The number of hydrogen-bond acceptors (Lipinski definition) is 0. The van der Waals surface area contributed by atoms with Crippen LogP contribution in [0.5, 0.6) is 0 Å². The van der Waals surface area contributed by atoms with Crippen LogP contribution in [0, 0.1) is 26.2 Å². The minimum absolute atomic E-state index is 0.970. The molecule has 0 aromatic heterocycles. The number of benzene rings is 1. The number of aryl methyl sites for hydroxylation is 2. The first-order chi connectivity index (χ1) is 6.19. The lowest BCUT2D eigenvalue weighted by Gasteiger charge is -2.05. The van der Waals surface area contributed by atoms with Gasteiger partial charge >= 0.3 is 0 Å². The number of terminal acetylenes is 1. The van der Waals surface area contributed by atoms with Crippen molar-refractivity contribution in [3.8, 4) is 12.3 Å². The van der Waals surface area contributed by atoms with Gasteiger partial charge in [-0.15, -0.1) is 6.42 Å². The van der Waals surface area contributed by atoms with E-state index in [-0.39, 0.29) is 0 Å². The third kappa shape index (κ3) is 2.00. The van der Waals surface area contributed by atoms with E-state index in [0.29, 0.717) is 0 Å². The van der Waals surface area contributed by atoms with Crippen LogP contribution in [0.25, 0.3) is 5.57 Å². The van der Waals surface area contributed by atoms with E-state index < -0.39 is 0 Å². The molecule has 0 spiro atoms. The zero-order chi connectivity index (χ0) is 9.84. The molecule has 1 aromatic carbocycles. The molecule has 0 saturated heterocycles. The fourth-order valence-electron chi connectivity index (χ4n) is 1.43. The number of hydrogen-bond donors (Lipinski definition) is 0. The third-order valence-corrected chi connectivity index (χ3v) is 2.12. The van der Waals surface area contributed by atoms with Gasteiger partial charge in [0.05, 0.1) is 0 Å². The van der Waals surface area contributed by atoms with E-state index in [1.165, 1.54) is 11.1 Å². The normalized spacial score (nSPS) is 11.1. The SMILES string of the molecule is C#C/C(=C\C)c1ccc(C)cc1C. The van der Waals surface area contributed by atoms with Crippen LogP contribution in [-0.2, 0) is 0 Å². The van der Waals surface area contributed by atoms with Gasteiger partial charge < -0.3 is 0 Å². The monoisotopic (exact) mass is 170 g/mol. The van der Waals surface area contributed by atoms with Gasteiger partial charge in [-0.1, -0.05) is 35.8 Å². The molecule has 0 aliphatic heterocycles. The molecule has 1 rings (SSSR count). The lowest BCUT2D eigenvalue weighted by atomic mass is 9.99. The summed E-state index contributed by atoms with van der Waals surface area (Å²) in [6.45, 7) is 6.14. The Morgan fingerprint density at radius 2 is 2.08 bits per heavy atom. The summed E-state index contributed by atoms with van der Waals surface area (Å²) in [5.41, 5.74) is 4.65. The first kappa shape index (κ1) is 9.61. The van der Waals surface area contributed by atoms with Gasteiger partial charge in [-0.3, -0.25) is 0 Å².